The van der Waals surface area contributed by atoms with E-state index < -0.39 is 0 Å². The molecule has 0 aliphatic rings. The van der Waals surface area contributed by atoms with Crippen LogP contribution in [-0.4, -0.2) is 31.2 Å². The van der Waals surface area contributed by atoms with E-state index in [1.807, 2.05) is 33.8 Å². The third-order valence-corrected chi connectivity index (χ3v) is 6.15. The number of rotatable bonds is 8. The van der Waals surface area contributed by atoms with E-state index in [1.165, 1.54) is 0 Å². The number of ether oxygens (including phenoxy) is 2. The summed E-state index contributed by atoms with van der Waals surface area (Å²) in [5.74, 6) is 1.83. The Kier molecular flexibility index (Phi) is 7.73. The van der Waals surface area contributed by atoms with Gasteiger partial charge in [-0.2, -0.15) is 0 Å². The normalized spacial score (nSPS) is 11.7. The quantitative estimate of drug-likeness (QED) is 0.608. The minimum Gasteiger partial charge on any atom is -0.493 e. The average molecular weight is 416 g/mol. The Bertz CT molecular complexity index is 924. The molecule has 0 saturated heterocycles. The summed E-state index contributed by atoms with van der Waals surface area (Å²) in [6.45, 7) is 9.48. The largest absolute Gasteiger partial charge is 0.493 e. The highest BCUT2D eigenvalue weighted by atomic mass is 32.2. The van der Waals surface area contributed by atoms with E-state index in [0.717, 1.165) is 27.8 Å². The molecule has 0 bridgehead atoms. The van der Waals surface area contributed by atoms with E-state index in [1.54, 1.807) is 51.1 Å². The van der Waals surface area contributed by atoms with Crippen LogP contribution in [0.3, 0.4) is 0 Å². The Morgan fingerprint density at radius 1 is 1.03 bits per heavy atom. The van der Waals surface area contributed by atoms with Crippen molar-refractivity contribution in [2.45, 2.75) is 45.6 Å². The highest BCUT2D eigenvalue weighted by molar-refractivity contribution is 7.99. The molecule has 1 amide bonds. The molecule has 1 unspecified atom stereocenters. The van der Waals surface area contributed by atoms with Crippen molar-refractivity contribution in [3.05, 3.63) is 52.1 Å². The van der Waals surface area contributed by atoms with Crippen LogP contribution in [0, 0.1) is 20.8 Å². The zero-order valence-electron chi connectivity index (χ0n) is 18.1. The van der Waals surface area contributed by atoms with Crippen molar-refractivity contribution in [3.8, 4) is 11.5 Å². The van der Waals surface area contributed by atoms with Gasteiger partial charge in [0.1, 0.15) is 0 Å². The van der Waals surface area contributed by atoms with Crippen LogP contribution >= 0.6 is 11.8 Å². The van der Waals surface area contributed by atoms with Crippen LogP contribution in [0.5, 0.6) is 11.5 Å². The molecule has 2 aromatic carbocycles. The van der Waals surface area contributed by atoms with Crippen LogP contribution in [0.4, 0.5) is 5.69 Å². The number of anilines is 1. The van der Waals surface area contributed by atoms with Crippen molar-refractivity contribution in [3.63, 3.8) is 0 Å². The van der Waals surface area contributed by atoms with Crippen LogP contribution < -0.4 is 14.8 Å². The van der Waals surface area contributed by atoms with E-state index >= 15 is 0 Å². The molecule has 0 saturated carbocycles. The Hall–Kier alpha value is -2.47. The first kappa shape index (κ1) is 22.8. The molecule has 1 N–H and O–H groups in total. The number of Topliss-reactive ketones (excluding diaryl/α,β-unsaturated/α-hetero) is 1. The minimum absolute atomic E-state index is 0.0745. The number of methoxy groups -OCH3 is 2. The lowest BCUT2D eigenvalue weighted by Gasteiger charge is -2.18. The average Bonchev–Trinajstić information content (AvgIpc) is 2.66. The minimum atomic E-state index is -0.260. The molecule has 0 radical (unpaired) electrons. The van der Waals surface area contributed by atoms with Crippen molar-refractivity contribution < 1.29 is 19.1 Å². The van der Waals surface area contributed by atoms with Crippen molar-refractivity contribution in [1.82, 2.24) is 0 Å². The van der Waals surface area contributed by atoms with Crippen molar-refractivity contribution in [2.24, 2.45) is 0 Å². The van der Waals surface area contributed by atoms with E-state index in [0.29, 0.717) is 22.9 Å². The first-order valence-electron chi connectivity index (χ1n) is 9.44. The van der Waals surface area contributed by atoms with Gasteiger partial charge in [-0.05, 0) is 69.0 Å². The Morgan fingerprint density at radius 2 is 1.69 bits per heavy atom. The number of carbonyl (C=O) groups excluding carboxylic acids is 2. The van der Waals surface area contributed by atoms with Gasteiger partial charge in [-0.25, -0.2) is 0 Å². The summed E-state index contributed by atoms with van der Waals surface area (Å²) in [6, 6.07) is 7.33. The van der Waals surface area contributed by atoms with Crippen molar-refractivity contribution in [1.29, 1.82) is 0 Å². The fourth-order valence-electron chi connectivity index (χ4n) is 3.43. The first-order valence-corrected chi connectivity index (χ1v) is 10.5. The lowest BCUT2D eigenvalue weighted by Crippen LogP contribution is -2.22. The zero-order valence-corrected chi connectivity index (χ0v) is 19.0. The van der Waals surface area contributed by atoms with Crippen molar-refractivity contribution >= 4 is 29.1 Å². The van der Waals surface area contributed by atoms with Crippen molar-refractivity contribution in [2.75, 3.05) is 19.5 Å². The molecule has 1 atom stereocenters. The van der Waals surface area contributed by atoms with Crippen LogP contribution in [0.2, 0.25) is 0 Å². The number of thioether (sulfide) groups is 1. The predicted molar refractivity (Wildman–Crippen MR) is 120 cm³/mol. The number of hydrogen-bond donors (Lipinski definition) is 1. The van der Waals surface area contributed by atoms with Gasteiger partial charge in [-0.15, -0.1) is 11.8 Å². The topological polar surface area (TPSA) is 64.6 Å². The molecule has 6 heteroatoms. The Balaban J connectivity index is 2.10. The summed E-state index contributed by atoms with van der Waals surface area (Å²) in [6.07, 6.45) is 0. The van der Waals surface area contributed by atoms with Crippen LogP contribution in [0.15, 0.2) is 24.3 Å². The molecular weight excluding hydrogens is 386 g/mol. The summed E-state index contributed by atoms with van der Waals surface area (Å²) < 4.78 is 10.5. The Morgan fingerprint density at radius 3 is 2.28 bits per heavy atom. The third-order valence-electron chi connectivity index (χ3n) is 4.98. The summed E-state index contributed by atoms with van der Waals surface area (Å²) in [5, 5.41) is 2.66. The lowest BCUT2D eigenvalue weighted by molar-refractivity contribution is -0.115. The third kappa shape index (κ3) is 5.32. The van der Waals surface area contributed by atoms with Crippen LogP contribution in [0.1, 0.15) is 46.5 Å². The molecule has 0 aliphatic carbocycles. The van der Waals surface area contributed by atoms with E-state index in [9.17, 15) is 9.59 Å². The van der Waals surface area contributed by atoms with Gasteiger partial charge in [-0.1, -0.05) is 6.07 Å². The summed E-state index contributed by atoms with van der Waals surface area (Å²) in [7, 11) is 3.13. The highest BCUT2D eigenvalue weighted by Crippen LogP contribution is 2.31. The van der Waals surface area contributed by atoms with E-state index in [4.69, 9.17) is 9.47 Å². The molecule has 0 aliphatic heterocycles. The standard InChI is InChI=1S/C23H29NO4S/c1-13-10-14(2)22(16(4)25)15(3)19(13)12-29-17(5)23(26)24-18-8-9-20(27-6)21(11-18)28-7/h8-11,17H,12H2,1-7H3,(H,24,26). The second-order valence-corrected chi connectivity index (χ2v) is 8.39. The number of carbonyl (C=O) groups is 2. The molecule has 2 rings (SSSR count). The van der Waals surface area contributed by atoms with Gasteiger partial charge in [0.2, 0.25) is 5.91 Å². The number of benzene rings is 2. The molecule has 5 nitrogen and oxygen atoms in total. The highest BCUT2D eigenvalue weighted by Gasteiger charge is 2.18. The fourth-order valence-corrected chi connectivity index (χ4v) is 4.50. The van der Waals surface area contributed by atoms with Gasteiger partial charge in [0.05, 0.1) is 19.5 Å². The molecule has 29 heavy (non-hydrogen) atoms. The molecule has 2 aromatic rings. The zero-order chi connectivity index (χ0) is 21.7. The summed E-state index contributed by atoms with van der Waals surface area (Å²) in [5.41, 5.74) is 5.72. The predicted octanol–water partition coefficient (Wildman–Crippen LogP) is 5.09. The summed E-state index contributed by atoms with van der Waals surface area (Å²) in [4.78, 5) is 24.6. The second kappa shape index (κ2) is 9.83. The van der Waals surface area contributed by atoms with Gasteiger partial charge >= 0.3 is 0 Å². The SMILES string of the molecule is COc1ccc(NC(=O)C(C)SCc2c(C)cc(C)c(C(C)=O)c2C)cc1OC. The maximum Gasteiger partial charge on any atom is 0.237 e. The van der Waals surface area contributed by atoms with Gasteiger partial charge < -0.3 is 14.8 Å². The number of ketones is 1. The smallest absolute Gasteiger partial charge is 0.237 e. The maximum atomic E-state index is 12.6. The van der Waals surface area contributed by atoms with E-state index in [2.05, 4.69) is 5.32 Å². The molecule has 0 aromatic heterocycles. The number of aryl methyl sites for hydroxylation is 2. The fraction of sp³-hybridized carbons (Fsp3) is 0.391. The van der Waals surface area contributed by atoms with Crippen LogP contribution in [-0.2, 0) is 10.5 Å². The number of hydrogen-bond acceptors (Lipinski definition) is 5. The molecular formula is C23H29NO4S. The first-order chi connectivity index (χ1) is 13.7. The molecule has 0 fully saturated rings. The van der Waals surface area contributed by atoms with Gasteiger partial charge in [0, 0.05) is 23.1 Å². The van der Waals surface area contributed by atoms with Gasteiger partial charge in [-0.3, -0.25) is 9.59 Å². The lowest BCUT2D eigenvalue weighted by atomic mass is 9.92. The molecule has 156 valence electrons. The maximum absolute atomic E-state index is 12.6. The monoisotopic (exact) mass is 415 g/mol. The number of amides is 1. The summed E-state index contributed by atoms with van der Waals surface area (Å²) >= 11 is 1.55. The Labute approximate surface area is 177 Å². The van der Waals surface area contributed by atoms with Gasteiger partial charge in [0.15, 0.2) is 17.3 Å². The second-order valence-electron chi connectivity index (χ2n) is 7.06. The van der Waals surface area contributed by atoms with Crippen LogP contribution in [0.25, 0.3) is 0 Å². The van der Waals surface area contributed by atoms with E-state index in [-0.39, 0.29) is 16.9 Å². The molecule has 0 heterocycles. The van der Waals surface area contributed by atoms with Gasteiger partial charge in [0.25, 0.3) is 0 Å². The molecule has 0 spiro atoms. The number of nitrogens with one attached hydrogen (secondary N) is 1.